The minimum Gasteiger partial charge on any atom is -0.497 e. The highest BCUT2D eigenvalue weighted by molar-refractivity contribution is 7.13. The summed E-state index contributed by atoms with van der Waals surface area (Å²) >= 11 is 1.74. The van der Waals surface area contributed by atoms with Gasteiger partial charge in [0, 0.05) is 22.3 Å². The van der Waals surface area contributed by atoms with Gasteiger partial charge in [0.05, 0.1) is 7.11 Å². The first kappa shape index (κ1) is 11.9. The number of hydrogen-bond donors (Lipinski definition) is 2. The molecule has 0 radical (unpaired) electrons. The quantitative estimate of drug-likeness (QED) is 0.732. The maximum atomic E-state index is 5.14. The standard InChI is InChI=1S/C15H14N2OS/c1-18-13-6-4-12(5-7-13)17-15-9-11(10-16-15)14-3-2-8-19-14/h2-10,16-17H,1H3. The van der Waals surface area contributed by atoms with Crippen LogP contribution in [0.2, 0.25) is 0 Å². The van der Waals surface area contributed by atoms with Crippen LogP contribution in [0.15, 0.2) is 54.0 Å². The fourth-order valence-electron chi connectivity index (χ4n) is 1.88. The van der Waals surface area contributed by atoms with Gasteiger partial charge in [-0.15, -0.1) is 11.3 Å². The molecular weight excluding hydrogens is 256 g/mol. The molecule has 0 atom stereocenters. The van der Waals surface area contributed by atoms with Crippen molar-refractivity contribution in [3.63, 3.8) is 0 Å². The molecule has 2 heterocycles. The number of rotatable bonds is 4. The fourth-order valence-corrected chi connectivity index (χ4v) is 2.60. The van der Waals surface area contributed by atoms with Crippen molar-refractivity contribution in [1.82, 2.24) is 4.98 Å². The van der Waals surface area contributed by atoms with Crippen molar-refractivity contribution in [2.45, 2.75) is 0 Å². The van der Waals surface area contributed by atoms with Crippen molar-refractivity contribution in [2.24, 2.45) is 0 Å². The predicted molar refractivity (Wildman–Crippen MR) is 80.4 cm³/mol. The van der Waals surface area contributed by atoms with E-state index in [9.17, 15) is 0 Å². The molecule has 0 saturated carbocycles. The van der Waals surface area contributed by atoms with Gasteiger partial charge in [-0.2, -0.15) is 0 Å². The zero-order chi connectivity index (χ0) is 13.1. The second kappa shape index (κ2) is 5.20. The van der Waals surface area contributed by atoms with Crippen LogP contribution in [0, 0.1) is 0 Å². The Balaban J connectivity index is 1.76. The Bertz CT molecular complexity index is 641. The van der Waals surface area contributed by atoms with Crippen molar-refractivity contribution in [2.75, 3.05) is 12.4 Å². The lowest BCUT2D eigenvalue weighted by molar-refractivity contribution is 0.415. The molecule has 4 heteroatoms. The summed E-state index contributed by atoms with van der Waals surface area (Å²) < 4.78 is 5.14. The summed E-state index contributed by atoms with van der Waals surface area (Å²) in [5.74, 6) is 1.84. The lowest BCUT2D eigenvalue weighted by Gasteiger charge is -2.04. The Morgan fingerprint density at radius 1 is 1.16 bits per heavy atom. The molecule has 0 amide bonds. The molecule has 0 aliphatic carbocycles. The molecule has 0 unspecified atom stereocenters. The normalized spacial score (nSPS) is 10.4. The van der Waals surface area contributed by atoms with Crippen molar-refractivity contribution >= 4 is 22.8 Å². The first-order valence-electron chi connectivity index (χ1n) is 5.98. The van der Waals surface area contributed by atoms with Crippen LogP contribution < -0.4 is 10.1 Å². The number of benzene rings is 1. The fraction of sp³-hybridized carbons (Fsp3) is 0.0667. The van der Waals surface area contributed by atoms with Gasteiger partial charge in [0.1, 0.15) is 11.6 Å². The van der Waals surface area contributed by atoms with Gasteiger partial charge in [-0.1, -0.05) is 6.07 Å². The summed E-state index contributed by atoms with van der Waals surface area (Å²) in [7, 11) is 1.67. The highest BCUT2D eigenvalue weighted by Gasteiger charge is 2.03. The van der Waals surface area contributed by atoms with Gasteiger partial charge in [0.15, 0.2) is 0 Å². The smallest absolute Gasteiger partial charge is 0.119 e. The van der Waals surface area contributed by atoms with Crippen LogP contribution >= 0.6 is 11.3 Å². The SMILES string of the molecule is COc1ccc(Nc2cc(-c3cccs3)c[nH]2)cc1. The molecule has 3 nitrogen and oxygen atoms in total. The van der Waals surface area contributed by atoms with Crippen molar-refractivity contribution in [3.8, 4) is 16.2 Å². The molecular formula is C15H14N2OS. The van der Waals surface area contributed by atoms with Gasteiger partial charge >= 0.3 is 0 Å². The molecule has 0 aliphatic heterocycles. The zero-order valence-electron chi connectivity index (χ0n) is 10.5. The third kappa shape index (κ3) is 2.63. The van der Waals surface area contributed by atoms with Crippen molar-refractivity contribution in [3.05, 3.63) is 54.0 Å². The number of H-pyrrole nitrogens is 1. The van der Waals surface area contributed by atoms with Crippen LogP contribution in [0.3, 0.4) is 0 Å². The second-order valence-electron chi connectivity index (χ2n) is 4.13. The predicted octanol–water partition coefficient (Wildman–Crippen LogP) is 4.50. The number of ether oxygens (including phenoxy) is 1. The van der Waals surface area contributed by atoms with E-state index in [-0.39, 0.29) is 0 Å². The van der Waals surface area contributed by atoms with Crippen LogP contribution in [0.25, 0.3) is 10.4 Å². The highest BCUT2D eigenvalue weighted by Crippen LogP contribution is 2.28. The van der Waals surface area contributed by atoms with Gasteiger partial charge in [-0.05, 0) is 41.8 Å². The molecule has 0 aliphatic rings. The van der Waals surface area contributed by atoms with Gasteiger partial charge in [0.25, 0.3) is 0 Å². The highest BCUT2D eigenvalue weighted by atomic mass is 32.1. The molecule has 0 bridgehead atoms. The number of nitrogens with one attached hydrogen (secondary N) is 2. The molecule has 2 aromatic heterocycles. The third-order valence-electron chi connectivity index (χ3n) is 2.86. The van der Waals surface area contributed by atoms with E-state index in [0.717, 1.165) is 17.3 Å². The molecule has 0 spiro atoms. The van der Waals surface area contributed by atoms with Crippen LogP contribution in [0.1, 0.15) is 0 Å². The van der Waals surface area contributed by atoms with Gasteiger partial charge in [-0.25, -0.2) is 0 Å². The summed E-state index contributed by atoms with van der Waals surface area (Å²) in [6, 6.07) is 14.1. The maximum Gasteiger partial charge on any atom is 0.119 e. The molecule has 96 valence electrons. The van der Waals surface area contributed by atoms with Crippen LogP contribution in [0.5, 0.6) is 5.75 Å². The Labute approximate surface area is 115 Å². The van der Waals surface area contributed by atoms with E-state index in [1.807, 2.05) is 30.5 Å². The zero-order valence-corrected chi connectivity index (χ0v) is 11.3. The number of aromatic nitrogens is 1. The second-order valence-corrected chi connectivity index (χ2v) is 5.08. The molecule has 0 fully saturated rings. The summed E-state index contributed by atoms with van der Waals surface area (Å²) in [6.45, 7) is 0. The van der Waals surface area contributed by atoms with E-state index < -0.39 is 0 Å². The summed E-state index contributed by atoms with van der Waals surface area (Å²) in [5.41, 5.74) is 2.23. The monoisotopic (exact) mass is 270 g/mol. The van der Waals surface area contributed by atoms with E-state index in [0.29, 0.717) is 0 Å². The molecule has 1 aromatic carbocycles. The molecule has 3 rings (SSSR count). The lowest BCUT2D eigenvalue weighted by atomic mass is 10.2. The van der Waals surface area contributed by atoms with E-state index >= 15 is 0 Å². The van der Waals surface area contributed by atoms with E-state index in [2.05, 4.69) is 33.9 Å². The van der Waals surface area contributed by atoms with Crippen LogP contribution in [0.4, 0.5) is 11.5 Å². The van der Waals surface area contributed by atoms with Gasteiger partial charge in [0.2, 0.25) is 0 Å². The number of aromatic amines is 1. The van der Waals surface area contributed by atoms with E-state index in [1.54, 1.807) is 18.4 Å². The Morgan fingerprint density at radius 2 is 2.00 bits per heavy atom. The summed E-state index contributed by atoms with van der Waals surface area (Å²) in [5, 5.41) is 5.41. The summed E-state index contributed by atoms with van der Waals surface area (Å²) in [4.78, 5) is 4.50. The van der Waals surface area contributed by atoms with Crippen LogP contribution in [-0.2, 0) is 0 Å². The van der Waals surface area contributed by atoms with Gasteiger partial charge in [-0.3, -0.25) is 0 Å². The average molecular weight is 270 g/mol. The Kier molecular flexibility index (Phi) is 3.25. The third-order valence-corrected chi connectivity index (χ3v) is 3.78. The summed E-state index contributed by atoms with van der Waals surface area (Å²) in [6.07, 6.45) is 2.01. The molecule has 19 heavy (non-hydrogen) atoms. The Morgan fingerprint density at radius 3 is 2.68 bits per heavy atom. The average Bonchev–Trinajstić information content (AvgIpc) is 3.10. The largest absolute Gasteiger partial charge is 0.497 e. The number of hydrogen-bond acceptors (Lipinski definition) is 3. The molecule has 0 saturated heterocycles. The number of methoxy groups -OCH3 is 1. The van der Waals surface area contributed by atoms with Crippen molar-refractivity contribution in [1.29, 1.82) is 0 Å². The van der Waals surface area contributed by atoms with Crippen molar-refractivity contribution < 1.29 is 4.74 Å². The minimum atomic E-state index is 0.858. The number of thiophene rings is 1. The van der Waals surface area contributed by atoms with Gasteiger partial charge < -0.3 is 15.0 Å². The number of anilines is 2. The van der Waals surface area contributed by atoms with E-state index in [4.69, 9.17) is 4.74 Å². The topological polar surface area (TPSA) is 37.0 Å². The first-order valence-corrected chi connectivity index (χ1v) is 6.86. The minimum absolute atomic E-state index is 0.858. The molecule has 2 N–H and O–H groups in total. The van der Waals surface area contributed by atoms with E-state index in [1.165, 1.54) is 10.4 Å². The van der Waals surface area contributed by atoms with Crippen LogP contribution in [-0.4, -0.2) is 12.1 Å². The molecule has 3 aromatic rings. The first-order chi connectivity index (χ1) is 9.35. The maximum absolute atomic E-state index is 5.14. The Hall–Kier alpha value is -2.20. The lowest BCUT2D eigenvalue weighted by Crippen LogP contribution is -1.90.